The van der Waals surface area contributed by atoms with Crippen molar-refractivity contribution in [2.24, 2.45) is 0 Å². The van der Waals surface area contributed by atoms with Crippen LogP contribution in [0.2, 0.25) is 0 Å². The fourth-order valence-corrected chi connectivity index (χ4v) is 2.76. The van der Waals surface area contributed by atoms with Crippen molar-refractivity contribution in [3.8, 4) is 17.0 Å². The van der Waals surface area contributed by atoms with Gasteiger partial charge in [0.2, 0.25) is 0 Å². The molecule has 0 unspecified atom stereocenters. The quantitative estimate of drug-likeness (QED) is 0.803. The Morgan fingerprint density at radius 3 is 2.67 bits per heavy atom. The summed E-state index contributed by atoms with van der Waals surface area (Å²) in [5.74, 6) is 1.10. The van der Waals surface area contributed by atoms with Crippen molar-refractivity contribution >= 4 is 34.5 Å². The summed E-state index contributed by atoms with van der Waals surface area (Å²) in [6, 6.07) is 6.89. The van der Waals surface area contributed by atoms with Gasteiger partial charge in [-0.3, -0.25) is 4.79 Å². The molecule has 0 fully saturated rings. The van der Waals surface area contributed by atoms with Gasteiger partial charge in [-0.2, -0.15) is 0 Å². The lowest BCUT2D eigenvalue weighted by atomic mass is 10.2. The number of benzene rings is 1. The predicted octanol–water partition coefficient (Wildman–Crippen LogP) is 2.46. The normalized spacial score (nSPS) is 13.7. The second kappa shape index (κ2) is 4.24. The smallest absolute Gasteiger partial charge is 0.175 e. The second-order valence-corrected chi connectivity index (χ2v) is 5.06. The minimum absolute atomic E-state index is 0.0788. The van der Waals surface area contributed by atoms with E-state index in [9.17, 15) is 9.90 Å². The van der Waals surface area contributed by atoms with Crippen LogP contribution in [0.25, 0.3) is 17.3 Å². The number of hydrogen-bond acceptors (Lipinski definition) is 3. The van der Waals surface area contributed by atoms with Gasteiger partial charge < -0.3 is 9.67 Å². The molecule has 18 heavy (non-hydrogen) atoms. The van der Waals surface area contributed by atoms with E-state index in [0.717, 1.165) is 20.8 Å². The Balaban J connectivity index is 2.12. The summed E-state index contributed by atoms with van der Waals surface area (Å²) in [7, 11) is 0. The van der Waals surface area contributed by atoms with Gasteiger partial charge in [-0.1, -0.05) is 0 Å². The summed E-state index contributed by atoms with van der Waals surface area (Å²) in [6.07, 6.45) is 3.29. The fraction of sp³-hybridized carbons (Fsp3) is 0.0769. The zero-order chi connectivity index (χ0) is 12.7. The molecular weight excluding hydrogens is 343 g/mol. The molecule has 0 amide bonds. The third kappa shape index (κ3) is 1.84. The van der Waals surface area contributed by atoms with Crippen molar-refractivity contribution in [1.29, 1.82) is 0 Å². The molecule has 5 heteroatoms. The first-order valence-corrected chi connectivity index (χ1v) is 6.49. The van der Waals surface area contributed by atoms with E-state index >= 15 is 0 Å². The molecule has 0 aliphatic carbocycles. The van der Waals surface area contributed by atoms with Crippen LogP contribution in [0.4, 0.5) is 0 Å². The van der Waals surface area contributed by atoms with E-state index in [2.05, 4.69) is 27.6 Å². The van der Waals surface area contributed by atoms with Crippen LogP contribution in [0.5, 0.6) is 5.75 Å². The molecule has 0 radical (unpaired) electrons. The number of aromatic hydroxyl groups is 1. The van der Waals surface area contributed by atoms with Gasteiger partial charge in [0, 0.05) is 5.56 Å². The summed E-state index contributed by atoms with van der Waals surface area (Å²) in [5, 5.41) is 9.29. The van der Waals surface area contributed by atoms with Crippen LogP contribution in [0, 0.1) is 3.70 Å². The highest BCUT2D eigenvalue weighted by Crippen LogP contribution is 2.28. The highest BCUT2D eigenvalue weighted by Gasteiger charge is 2.19. The first-order chi connectivity index (χ1) is 8.65. The number of aromatic nitrogens is 2. The average Bonchev–Trinajstić information content (AvgIpc) is 2.68. The Bertz CT molecular complexity index is 656. The van der Waals surface area contributed by atoms with Crippen molar-refractivity contribution in [3.63, 3.8) is 0 Å². The maximum Gasteiger partial charge on any atom is 0.175 e. The van der Waals surface area contributed by atoms with E-state index < -0.39 is 0 Å². The molecule has 3 rings (SSSR count). The number of phenolic OH excluding ortho intramolecular Hbond substituents is 1. The molecule has 4 nitrogen and oxygen atoms in total. The lowest BCUT2D eigenvalue weighted by Crippen LogP contribution is -2.14. The third-order valence-corrected chi connectivity index (χ3v) is 3.90. The van der Waals surface area contributed by atoms with Crippen LogP contribution in [-0.4, -0.2) is 20.4 Å². The molecule has 90 valence electrons. The van der Waals surface area contributed by atoms with Gasteiger partial charge >= 0.3 is 0 Å². The molecule has 0 spiro atoms. The number of nitrogens with zero attached hydrogens (tertiary/aromatic N) is 2. The van der Waals surface area contributed by atoms with Gasteiger partial charge in [-0.25, -0.2) is 4.98 Å². The second-order valence-electron chi connectivity index (χ2n) is 4.04. The Labute approximate surface area is 117 Å². The number of imidazole rings is 1. The lowest BCUT2D eigenvalue weighted by molar-refractivity contribution is -0.115. The van der Waals surface area contributed by atoms with E-state index in [-0.39, 0.29) is 11.5 Å². The van der Waals surface area contributed by atoms with E-state index in [1.54, 1.807) is 24.3 Å². The van der Waals surface area contributed by atoms with Gasteiger partial charge in [0.1, 0.15) is 21.0 Å². The topological polar surface area (TPSA) is 55.1 Å². The van der Waals surface area contributed by atoms with E-state index in [1.807, 2.05) is 16.7 Å². The molecule has 1 aliphatic heterocycles. The lowest BCUT2D eigenvalue weighted by Gasteiger charge is -2.08. The molecular formula is C13H9IN2O2. The first-order valence-electron chi connectivity index (χ1n) is 5.41. The minimum atomic E-state index is 0.0788. The first kappa shape index (κ1) is 11.5. The van der Waals surface area contributed by atoms with Gasteiger partial charge in [-0.05, 0) is 59.0 Å². The molecule has 2 heterocycles. The number of carbonyl (C=O) groups is 1. The summed E-state index contributed by atoms with van der Waals surface area (Å²) in [6.45, 7) is 0.342. The molecule has 0 bridgehead atoms. The number of hydrogen-bond donors (Lipinski definition) is 1. The standard InChI is InChI=1S/C13H9IN2O2/c14-13-12(8-1-3-9(17)4-2-8)15-11-6-5-10(18)7-16(11)13/h1-6,17H,7H2. The van der Waals surface area contributed by atoms with Crippen LogP contribution in [0.3, 0.4) is 0 Å². The van der Waals surface area contributed by atoms with Gasteiger partial charge in [-0.15, -0.1) is 0 Å². The number of phenols is 1. The van der Waals surface area contributed by atoms with E-state index in [1.165, 1.54) is 0 Å². The van der Waals surface area contributed by atoms with E-state index in [0.29, 0.717) is 6.54 Å². The Morgan fingerprint density at radius 2 is 1.94 bits per heavy atom. The van der Waals surface area contributed by atoms with Crippen molar-refractivity contribution in [1.82, 2.24) is 9.55 Å². The summed E-state index contributed by atoms with van der Waals surface area (Å²) < 4.78 is 2.83. The molecule has 1 aliphatic rings. The Kier molecular flexibility index (Phi) is 2.70. The number of carbonyl (C=O) groups excluding carboxylic acids is 1. The maximum atomic E-state index is 11.4. The molecule has 2 aromatic rings. The molecule has 0 saturated carbocycles. The van der Waals surface area contributed by atoms with Crippen LogP contribution in [0.15, 0.2) is 30.3 Å². The maximum absolute atomic E-state index is 11.4. The monoisotopic (exact) mass is 352 g/mol. The molecule has 1 aromatic heterocycles. The van der Waals surface area contributed by atoms with Crippen molar-refractivity contribution < 1.29 is 9.90 Å². The van der Waals surface area contributed by atoms with Crippen LogP contribution >= 0.6 is 22.6 Å². The number of fused-ring (bicyclic) bond motifs is 1. The summed E-state index contributed by atoms with van der Waals surface area (Å²) in [4.78, 5) is 15.9. The molecule has 1 aromatic carbocycles. The fourth-order valence-electron chi connectivity index (χ4n) is 1.91. The van der Waals surface area contributed by atoms with Crippen LogP contribution in [0.1, 0.15) is 5.82 Å². The van der Waals surface area contributed by atoms with E-state index in [4.69, 9.17) is 0 Å². The van der Waals surface area contributed by atoms with Gasteiger partial charge in [0.05, 0.1) is 6.54 Å². The van der Waals surface area contributed by atoms with Crippen LogP contribution < -0.4 is 0 Å². The van der Waals surface area contributed by atoms with Crippen molar-refractivity contribution in [2.75, 3.05) is 0 Å². The zero-order valence-electron chi connectivity index (χ0n) is 9.30. The molecule has 0 saturated heterocycles. The SMILES string of the molecule is O=C1C=Cc2nc(-c3ccc(O)cc3)c(I)n2C1. The van der Waals surface area contributed by atoms with Crippen LogP contribution in [-0.2, 0) is 11.3 Å². The highest BCUT2D eigenvalue weighted by atomic mass is 127. The average molecular weight is 352 g/mol. The van der Waals surface area contributed by atoms with Gasteiger partial charge in [0.25, 0.3) is 0 Å². The minimum Gasteiger partial charge on any atom is -0.508 e. The Hall–Kier alpha value is -1.63. The van der Waals surface area contributed by atoms with Gasteiger partial charge in [0.15, 0.2) is 5.78 Å². The van der Waals surface area contributed by atoms with Crippen molar-refractivity contribution in [3.05, 3.63) is 39.9 Å². The number of allylic oxidation sites excluding steroid dienone is 1. The predicted molar refractivity (Wildman–Crippen MR) is 76.1 cm³/mol. The number of ketones is 1. The summed E-state index contributed by atoms with van der Waals surface area (Å²) >= 11 is 2.19. The molecule has 0 atom stereocenters. The zero-order valence-corrected chi connectivity index (χ0v) is 11.5. The highest BCUT2D eigenvalue weighted by molar-refractivity contribution is 14.1. The third-order valence-electron chi connectivity index (χ3n) is 2.81. The molecule has 1 N–H and O–H groups in total. The van der Waals surface area contributed by atoms with Crippen molar-refractivity contribution in [2.45, 2.75) is 6.54 Å². The number of rotatable bonds is 1. The number of halogens is 1. The largest absolute Gasteiger partial charge is 0.508 e. The Morgan fingerprint density at radius 1 is 1.22 bits per heavy atom. The summed E-state index contributed by atoms with van der Waals surface area (Å²) in [5.41, 5.74) is 1.77.